The van der Waals surface area contributed by atoms with Crippen molar-refractivity contribution in [3.63, 3.8) is 0 Å². The van der Waals surface area contributed by atoms with E-state index >= 15 is 0 Å². The van der Waals surface area contributed by atoms with E-state index < -0.39 is 0 Å². The first-order chi connectivity index (χ1) is 16.5. The van der Waals surface area contributed by atoms with E-state index in [-0.39, 0.29) is 29.4 Å². The number of carbonyl (C=O) groups is 2. The number of nitrogens with one attached hydrogen (secondary N) is 1. The zero-order valence-electron chi connectivity index (χ0n) is 23.7. The van der Waals surface area contributed by atoms with Gasteiger partial charge < -0.3 is 10.1 Å². The SMILES string of the molecule is CCC(CC[C@@H](C)C1CCC2C3CC(=O)NC4CC(OC(C)=O)CC[C@]4(C)C3CC[C@@]21C)C(C)C. The Bertz CT molecular complexity index is 779. The summed E-state index contributed by atoms with van der Waals surface area (Å²) >= 11 is 0. The average Bonchev–Trinajstić information content (AvgIpc) is 3.08. The van der Waals surface area contributed by atoms with Gasteiger partial charge >= 0.3 is 5.97 Å². The summed E-state index contributed by atoms with van der Waals surface area (Å²) in [6.45, 7) is 16.2. The van der Waals surface area contributed by atoms with Crippen molar-refractivity contribution in [3.05, 3.63) is 0 Å². The Kier molecular flexibility index (Phi) is 7.99. The Morgan fingerprint density at radius 3 is 2.37 bits per heavy atom. The summed E-state index contributed by atoms with van der Waals surface area (Å²) in [4.78, 5) is 24.8. The van der Waals surface area contributed by atoms with Crippen LogP contribution in [0.15, 0.2) is 0 Å². The van der Waals surface area contributed by atoms with E-state index in [2.05, 4.69) is 46.9 Å². The summed E-state index contributed by atoms with van der Waals surface area (Å²) in [7, 11) is 0. The predicted octanol–water partition coefficient (Wildman–Crippen LogP) is 7.15. The van der Waals surface area contributed by atoms with Crippen LogP contribution in [0.3, 0.4) is 0 Å². The van der Waals surface area contributed by atoms with Crippen molar-refractivity contribution >= 4 is 11.9 Å². The lowest BCUT2D eigenvalue weighted by atomic mass is 9.49. The van der Waals surface area contributed by atoms with Gasteiger partial charge in [-0.05, 0) is 97.2 Å². The first-order valence-electron chi connectivity index (χ1n) is 15.0. The normalized spacial score (nSPS) is 42.8. The number of ether oxygens (including phenoxy) is 1. The fourth-order valence-electron chi connectivity index (χ4n) is 9.83. The van der Waals surface area contributed by atoms with Gasteiger partial charge in [-0.15, -0.1) is 0 Å². The van der Waals surface area contributed by atoms with Gasteiger partial charge in [0.1, 0.15) is 6.10 Å². The average molecular weight is 488 g/mol. The molecule has 200 valence electrons. The number of rotatable bonds is 7. The molecule has 0 spiro atoms. The lowest BCUT2D eigenvalue weighted by Crippen LogP contribution is -2.55. The van der Waals surface area contributed by atoms with Crippen LogP contribution in [-0.4, -0.2) is 24.0 Å². The van der Waals surface area contributed by atoms with Crippen LogP contribution < -0.4 is 5.32 Å². The van der Waals surface area contributed by atoms with Crippen molar-refractivity contribution in [2.45, 2.75) is 131 Å². The smallest absolute Gasteiger partial charge is 0.302 e. The molecular weight excluding hydrogens is 434 g/mol. The van der Waals surface area contributed by atoms with E-state index in [1.54, 1.807) is 0 Å². The molecule has 1 heterocycles. The molecule has 1 amide bonds. The van der Waals surface area contributed by atoms with Crippen LogP contribution in [0.4, 0.5) is 0 Å². The Hall–Kier alpha value is -1.06. The molecule has 3 saturated carbocycles. The molecule has 0 radical (unpaired) electrons. The van der Waals surface area contributed by atoms with Crippen LogP contribution in [0, 0.1) is 52.3 Å². The molecule has 3 aliphatic carbocycles. The molecule has 7 unspecified atom stereocenters. The van der Waals surface area contributed by atoms with Crippen molar-refractivity contribution in [3.8, 4) is 0 Å². The predicted molar refractivity (Wildman–Crippen MR) is 142 cm³/mol. The van der Waals surface area contributed by atoms with Crippen LogP contribution in [0.25, 0.3) is 0 Å². The van der Waals surface area contributed by atoms with Gasteiger partial charge in [-0.25, -0.2) is 0 Å². The lowest BCUT2D eigenvalue weighted by Gasteiger charge is -2.56. The van der Waals surface area contributed by atoms with Gasteiger partial charge in [0, 0.05) is 25.8 Å². The highest BCUT2D eigenvalue weighted by Crippen LogP contribution is 2.65. The second-order valence-corrected chi connectivity index (χ2v) is 13.9. The van der Waals surface area contributed by atoms with Crippen molar-refractivity contribution < 1.29 is 14.3 Å². The number of esters is 1. The maximum absolute atomic E-state index is 13.2. The first kappa shape index (κ1) is 27.0. The third kappa shape index (κ3) is 5.06. The van der Waals surface area contributed by atoms with Crippen LogP contribution in [0.2, 0.25) is 0 Å². The molecule has 1 saturated heterocycles. The van der Waals surface area contributed by atoms with Gasteiger partial charge in [0.05, 0.1) is 0 Å². The third-order valence-corrected chi connectivity index (χ3v) is 11.9. The second kappa shape index (κ2) is 10.4. The summed E-state index contributed by atoms with van der Waals surface area (Å²) in [5.41, 5.74) is 0.496. The van der Waals surface area contributed by atoms with E-state index in [1.165, 1.54) is 51.9 Å². The summed E-state index contributed by atoms with van der Waals surface area (Å²) in [5.74, 6) is 5.02. The van der Waals surface area contributed by atoms with E-state index in [0.29, 0.717) is 29.6 Å². The van der Waals surface area contributed by atoms with Gasteiger partial charge in [-0.1, -0.05) is 54.4 Å². The molecule has 0 bridgehead atoms. The standard InChI is InChI=1S/C31H53NO3/c1-8-22(19(2)3)10-9-20(4)25-11-12-26-24-18-29(34)32-28-17-23(35-21(5)33)13-15-31(28,7)27(24)14-16-30(25,26)6/h19-20,22-28H,8-18H2,1-7H3,(H,32,34)/t20-,22?,23?,24?,25?,26?,27?,28?,30-,31-/m1/s1. The molecular formula is C31H53NO3. The van der Waals surface area contributed by atoms with Gasteiger partial charge in [-0.3, -0.25) is 9.59 Å². The van der Waals surface area contributed by atoms with Gasteiger partial charge in [-0.2, -0.15) is 0 Å². The minimum Gasteiger partial charge on any atom is -0.462 e. The Labute approximate surface area is 215 Å². The summed E-state index contributed by atoms with van der Waals surface area (Å²) in [6, 6.07) is 0.130. The molecule has 4 fully saturated rings. The highest BCUT2D eigenvalue weighted by atomic mass is 16.5. The molecule has 35 heavy (non-hydrogen) atoms. The molecule has 0 aromatic heterocycles. The number of hydrogen-bond donors (Lipinski definition) is 1. The van der Waals surface area contributed by atoms with Crippen molar-refractivity contribution in [1.82, 2.24) is 5.32 Å². The molecule has 4 heteroatoms. The van der Waals surface area contributed by atoms with Gasteiger partial charge in [0.25, 0.3) is 0 Å². The minimum absolute atomic E-state index is 0.0502. The lowest BCUT2D eigenvalue weighted by molar-refractivity contribution is -0.151. The third-order valence-electron chi connectivity index (χ3n) is 11.9. The monoisotopic (exact) mass is 487 g/mol. The molecule has 4 aliphatic rings. The fraction of sp³-hybridized carbons (Fsp3) is 0.935. The van der Waals surface area contributed by atoms with E-state index in [1.807, 2.05) is 0 Å². The molecule has 0 aromatic carbocycles. The molecule has 1 aliphatic heterocycles. The molecule has 10 atom stereocenters. The van der Waals surface area contributed by atoms with Crippen LogP contribution in [0.5, 0.6) is 0 Å². The Balaban J connectivity index is 1.50. The number of hydrogen-bond acceptors (Lipinski definition) is 3. The molecule has 0 aromatic rings. The van der Waals surface area contributed by atoms with Crippen molar-refractivity contribution in [1.29, 1.82) is 0 Å². The second-order valence-electron chi connectivity index (χ2n) is 13.9. The summed E-state index contributed by atoms with van der Waals surface area (Å²) in [6.07, 6.45) is 12.7. The van der Waals surface area contributed by atoms with Crippen molar-refractivity contribution in [2.24, 2.45) is 52.3 Å². The summed E-state index contributed by atoms with van der Waals surface area (Å²) in [5, 5.41) is 3.43. The largest absolute Gasteiger partial charge is 0.462 e. The zero-order chi connectivity index (χ0) is 25.5. The number of carbonyl (C=O) groups excluding carboxylic acids is 2. The van der Waals surface area contributed by atoms with E-state index in [4.69, 9.17) is 4.74 Å². The van der Waals surface area contributed by atoms with E-state index in [9.17, 15) is 9.59 Å². The van der Waals surface area contributed by atoms with Crippen LogP contribution in [0.1, 0.15) is 119 Å². The minimum atomic E-state index is -0.199. The van der Waals surface area contributed by atoms with Crippen molar-refractivity contribution in [2.75, 3.05) is 0 Å². The molecule has 4 nitrogen and oxygen atoms in total. The van der Waals surface area contributed by atoms with Crippen LogP contribution in [-0.2, 0) is 14.3 Å². The van der Waals surface area contributed by atoms with E-state index in [0.717, 1.165) is 42.9 Å². The Morgan fingerprint density at radius 2 is 1.71 bits per heavy atom. The Morgan fingerprint density at radius 1 is 1.03 bits per heavy atom. The fourth-order valence-corrected chi connectivity index (χ4v) is 9.83. The quantitative estimate of drug-likeness (QED) is 0.388. The topological polar surface area (TPSA) is 55.4 Å². The highest BCUT2D eigenvalue weighted by molar-refractivity contribution is 5.77. The molecule has 1 N–H and O–H groups in total. The number of fused-ring (bicyclic) bond motifs is 5. The maximum atomic E-state index is 13.2. The zero-order valence-corrected chi connectivity index (χ0v) is 23.7. The molecule has 4 rings (SSSR count). The van der Waals surface area contributed by atoms with Gasteiger partial charge in [0.2, 0.25) is 5.91 Å². The highest BCUT2D eigenvalue weighted by Gasteiger charge is 2.60. The first-order valence-corrected chi connectivity index (χ1v) is 15.0. The van der Waals surface area contributed by atoms with Gasteiger partial charge in [0.15, 0.2) is 0 Å². The summed E-state index contributed by atoms with van der Waals surface area (Å²) < 4.78 is 5.60. The van der Waals surface area contributed by atoms with Crippen LogP contribution >= 0.6 is 0 Å². The maximum Gasteiger partial charge on any atom is 0.302 e. The number of amides is 1.